The first-order valence-corrected chi connectivity index (χ1v) is 22.9. The van der Waals surface area contributed by atoms with Crippen molar-refractivity contribution in [3.8, 4) is 5.75 Å². The highest BCUT2D eigenvalue weighted by molar-refractivity contribution is 7.90. The molecule has 5 N–H and O–H groups in total. The van der Waals surface area contributed by atoms with E-state index in [4.69, 9.17) is 9.15 Å². The average Bonchev–Trinajstić information content (AvgIpc) is 4.00. The van der Waals surface area contributed by atoms with Crippen LogP contribution < -0.4 is 37.1 Å². The predicted molar refractivity (Wildman–Crippen MR) is 244 cm³/mol. The molecule has 0 bridgehead atoms. The Morgan fingerprint density at radius 1 is 0.743 bits per heavy atom. The normalized spacial score (nSPS) is 12.2. The number of carbonyl (C=O) groups excluding carboxylic acids is 5. The molecule has 0 unspecified atom stereocenters. The molecule has 1 aliphatic heterocycles. The zero-order chi connectivity index (χ0) is 50.0. The maximum absolute atomic E-state index is 14.4. The van der Waals surface area contributed by atoms with Crippen molar-refractivity contribution in [2.75, 3.05) is 18.2 Å². The summed E-state index contributed by atoms with van der Waals surface area (Å²) in [6, 6.07) is 18.4. The van der Waals surface area contributed by atoms with Gasteiger partial charge >= 0.3 is 5.76 Å². The zero-order valence-corrected chi connectivity index (χ0v) is 38.2. The average molecular weight is 979 g/mol. The second kappa shape index (κ2) is 19.4. The molecule has 360 valence electrons. The number of ether oxygens (including phenoxy) is 1. The van der Waals surface area contributed by atoms with Gasteiger partial charge in [-0.05, 0) is 66.9 Å². The molecule has 9 rings (SSSR count). The third-order valence-corrected chi connectivity index (χ3v) is 11.5. The van der Waals surface area contributed by atoms with Crippen LogP contribution in [-0.4, -0.2) is 90.6 Å². The first kappa shape index (κ1) is 47.6. The lowest BCUT2D eigenvalue weighted by molar-refractivity contribution is -0.118. The zero-order valence-electron chi connectivity index (χ0n) is 37.4. The second-order valence-corrected chi connectivity index (χ2v) is 18.0. The number of benzene rings is 3. The van der Waals surface area contributed by atoms with Gasteiger partial charge in [0.15, 0.2) is 45.0 Å². The summed E-state index contributed by atoms with van der Waals surface area (Å²) in [5, 5.41) is 21.0. The quantitative estimate of drug-likeness (QED) is 0.118. The summed E-state index contributed by atoms with van der Waals surface area (Å²) >= 11 is 0. The third-order valence-electron chi connectivity index (χ3n) is 10.4. The van der Waals surface area contributed by atoms with Crippen LogP contribution >= 0.6 is 0 Å². The van der Waals surface area contributed by atoms with Crippen molar-refractivity contribution in [3.63, 3.8) is 0 Å². The molecule has 3 aromatic carbocycles. The summed E-state index contributed by atoms with van der Waals surface area (Å²) in [5.74, 6) is -4.28. The van der Waals surface area contributed by atoms with Crippen molar-refractivity contribution in [1.29, 1.82) is 0 Å². The van der Waals surface area contributed by atoms with Crippen LogP contribution in [0.5, 0.6) is 5.75 Å². The van der Waals surface area contributed by atoms with E-state index in [1.807, 2.05) is 0 Å². The standard InChI is InChI=1S/C25H21FN6O6S.C20H19FN6O4/c1-31-19-9-15(6-7-21(19)38-25(31)35)12-27-23(33)18-10-20(32-22(30-18)17(26)13-29-32)24(34)28-11-14-4-3-5-16(8-14)39(2,36)37;1-10(2)24-20(30)15-6-14(26-18-12(21)8-23-27(15)18)19(29)22-7-11-3-4-16-13(5-11)25-17(28)9-31-16/h3-10,13H,11-12H2,1-2H3,(H,27,33)(H,28,34);3-6,8,10H,7,9H2,1-2H3,(H,22,29)(H,24,30)(H,25,28). The van der Waals surface area contributed by atoms with Gasteiger partial charge in [-0.25, -0.2) is 41.0 Å². The predicted octanol–water partition coefficient (Wildman–Crippen LogP) is 2.84. The van der Waals surface area contributed by atoms with E-state index in [9.17, 15) is 46.0 Å². The van der Waals surface area contributed by atoms with Gasteiger partial charge in [0.1, 0.15) is 28.5 Å². The molecule has 0 saturated heterocycles. The van der Waals surface area contributed by atoms with Crippen LogP contribution in [0.15, 0.2) is 99.3 Å². The number of hydrogen-bond acceptors (Lipinski definition) is 14. The van der Waals surface area contributed by atoms with Gasteiger partial charge in [-0.15, -0.1) is 0 Å². The largest absolute Gasteiger partial charge is 0.482 e. The van der Waals surface area contributed by atoms with Crippen molar-refractivity contribution < 1.29 is 50.3 Å². The summed E-state index contributed by atoms with van der Waals surface area (Å²) < 4.78 is 65.9. The Kier molecular flexibility index (Phi) is 13.2. The summed E-state index contributed by atoms with van der Waals surface area (Å²) in [6.45, 7) is 3.65. The number of nitrogens with one attached hydrogen (secondary N) is 5. The van der Waals surface area contributed by atoms with E-state index in [0.29, 0.717) is 39.2 Å². The Bertz CT molecular complexity index is 3600. The van der Waals surface area contributed by atoms with Crippen molar-refractivity contribution in [3.05, 3.63) is 147 Å². The number of aromatic nitrogens is 7. The highest BCUT2D eigenvalue weighted by atomic mass is 32.2. The summed E-state index contributed by atoms with van der Waals surface area (Å²) in [7, 11) is -1.88. The van der Waals surface area contributed by atoms with E-state index < -0.39 is 50.9 Å². The fourth-order valence-electron chi connectivity index (χ4n) is 6.99. The van der Waals surface area contributed by atoms with E-state index in [2.05, 4.69) is 46.7 Å². The van der Waals surface area contributed by atoms with Gasteiger partial charge in [0, 0.05) is 51.1 Å². The van der Waals surface area contributed by atoms with Crippen molar-refractivity contribution in [1.82, 2.24) is 55.0 Å². The van der Waals surface area contributed by atoms with Crippen LogP contribution in [-0.2, 0) is 41.3 Å². The van der Waals surface area contributed by atoms with Crippen LogP contribution in [0.25, 0.3) is 22.4 Å². The maximum atomic E-state index is 14.4. The number of anilines is 1. The SMILES string of the molecule is CC(C)NC(=O)c1cc(C(=O)NCc2ccc3c(c2)NC(=O)CO3)nc2c(F)cnn12.Cn1c(=O)oc2ccc(CNC(=O)c3cc(C(=O)NCc4cccc(S(C)(=O)=O)c4)n4ncc(F)c4n3)cc21. The number of oxazole rings is 1. The minimum atomic E-state index is -3.44. The molecule has 0 fully saturated rings. The number of carbonyl (C=O) groups is 5. The van der Waals surface area contributed by atoms with Crippen molar-refractivity contribution >= 4 is 67.5 Å². The molecule has 5 aromatic heterocycles. The Balaban J connectivity index is 0.000000193. The minimum absolute atomic E-state index is 0.0126. The Labute approximate surface area is 394 Å². The molecule has 70 heavy (non-hydrogen) atoms. The van der Waals surface area contributed by atoms with Crippen LogP contribution in [0, 0.1) is 11.6 Å². The fourth-order valence-corrected chi connectivity index (χ4v) is 7.68. The summed E-state index contributed by atoms with van der Waals surface area (Å²) in [6.07, 6.45) is 2.88. The van der Waals surface area contributed by atoms with Crippen LogP contribution in [0.4, 0.5) is 14.5 Å². The van der Waals surface area contributed by atoms with Crippen molar-refractivity contribution in [2.24, 2.45) is 7.05 Å². The Hall–Kier alpha value is -8.87. The number of amides is 5. The number of fused-ring (bicyclic) bond motifs is 4. The number of nitrogens with zero attached hydrogens (tertiary/aromatic N) is 7. The van der Waals surface area contributed by atoms with Gasteiger partial charge in [0.25, 0.3) is 29.5 Å². The first-order valence-electron chi connectivity index (χ1n) is 21.0. The monoisotopic (exact) mass is 978 g/mol. The van der Waals surface area contributed by atoms with Crippen molar-refractivity contribution in [2.45, 2.75) is 44.4 Å². The molecule has 1 aliphatic rings. The molecule has 5 amide bonds. The van der Waals surface area contributed by atoms with Crippen LogP contribution in [0.3, 0.4) is 0 Å². The number of rotatable bonds is 12. The number of halogens is 2. The molecule has 22 nitrogen and oxygen atoms in total. The highest BCUT2D eigenvalue weighted by Crippen LogP contribution is 2.28. The van der Waals surface area contributed by atoms with E-state index >= 15 is 0 Å². The molecule has 0 aliphatic carbocycles. The fraction of sp³-hybridized carbons (Fsp3) is 0.200. The van der Waals surface area contributed by atoms with Crippen LogP contribution in [0.2, 0.25) is 0 Å². The van der Waals surface area contributed by atoms with E-state index in [-0.39, 0.29) is 77.2 Å². The van der Waals surface area contributed by atoms with Gasteiger partial charge in [0.05, 0.1) is 28.5 Å². The minimum Gasteiger partial charge on any atom is -0.482 e. The molecule has 25 heteroatoms. The topological polar surface area (TPSA) is 284 Å². The maximum Gasteiger partial charge on any atom is 0.419 e. The van der Waals surface area contributed by atoms with Gasteiger partial charge < -0.3 is 35.7 Å². The summed E-state index contributed by atoms with van der Waals surface area (Å²) in [5.41, 5.74) is 2.29. The number of hydrogen-bond donors (Lipinski definition) is 5. The molecular weight excluding hydrogens is 939 g/mol. The first-order chi connectivity index (χ1) is 33.3. The smallest absolute Gasteiger partial charge is 0.419 e. The molecule has 0 spiro atoms. The lowest BCUT2D eigenvalue weighted by atomic mass is 10.1. The van der Waals surface area contributed by atoms with Crippen LogP contribution in [0.1, 0.15) is 72.5 Å². The molecule has 0 radical (unpaired) electrons. The van der Waals surface area contributed by atoms with E-state index in [1.54, 1.807) is 69.4 Å². The van der Waals surface area contributed by atoms with E-state index in [1.165, 1.54) is 28.8 Å². The van der Waals surface area contributed by atoms with Gasteiger partial charge in [-0.3, -0.25) is 28.5 Å². The lowest BCUT2D eigenvalue weighted by Gasteiger charge is -2.18. The number of sulfone groups is 1. The lowest BCUT2D eigenvalue weighted by Crippen LogP contribution is -2.32. The Morgan fingerprint density at radius 2 is 1.30 bits per heavy atom. The third kappa shape index (κ3) is 10.3. The second-order valence-electron chi connectivity index (χ2n) is 16.0. The highest BCUT2D eigenvalue weighted by Gasteiger charge is 2.23. The summed E-state index contributed by atoms with van der Waals surface area (Å²) in [4.78, 5) is 82.4. The Morgan fingerprint density at radius 3 is 1.90 bits per heavy atom. The van der Waals surface area contributed by atoms with Gasteiger partial charge in [-0.2, -0.15) is 10.2 Å². The molecule has 0 saturated carbocycles. The van der Waals surface area contributed by atoms with Gasteiger partial charge in [-0.1, -0.05) is 24.3 Å². The van der Waals surface area contributed by atoms with Gasteiger partial charge in [0.2, 0.25) is 0 Å². The number of aryl methyl sites for hydroxylation is 1. The molecule has 8 aromatic rings. The molecular formula is C45H40F2N12O10S. The van der Waals surface area contributed by atoms with E-state index in [0.717, 1.165) is 27.7 Å². The molecule has 0 atom stereocenters. The molecule has 6 heterocycles.